The Morgan fingerprint density at radius 2 is 2.20 bits per heavy atom. The molecular weight excluding hydrogens is 256 g/mol. The monoisotopic (exact) mass is 278 g/mol. The van der Waals surface area contributed by atoms with Crippen LogP contribution in [0.5, 0.6) is 0 Å². The minimum Gasteiger partial charge on any atom is -0.480 e. The van der Waals surface area contributed by atoms with Gasteiger partial charge in [-0.1, -0.05) is 30.3 Å². The maximum Gasteiger partial charge on any atom is 0.320 e. The summed E-state index contributed by atoms with van der Waals surface area (Å²) < 4.78 is 5.71. The van der Waals surface area contributed by atoms with Gasteiger partial charge >= 0.3 is 5.97 Å². The van der Waals surface area contributed by atoms with Gasteiger partial charge in [-0.15, -0.1) is 0 Å². The average Bonchev–Trinajstić information content (AvgIpc) is 2.65. The van der Waals surface area contributed by atoms with E-state index in [-0.39, 0.29) is 6.10 Å². The third-order valence-corrected chi connectivity index (χ3v) is 3.52. The summed E-state index contributed by atoms with van der Waals surface area (Å²) in [5.41, 5.74) is 6.86. The highest BCUT2D eigenvalue weighted by Gasteiger charge is 2.23. The number of rotatable bonds is 5. The predicted octanol–water partition coefficient (Wildman–Crippen LogP) is 1.08. The van der Waals surface area contributed by atoms with Crippen LogP contribution in [0, 0.1) is 0 Å². The fourth-order valence-electron chi connectivity index (χ4n) is 2.48. The van der Waals surface area contributed by atoms with Gasteiger partial charge in [0.15, 0.2) is 0 Å². The third-order valence-electron chi connectivity index (χ3n) is 3.52. The molecule has 0 spiro atoms. The highest BCUT2D eigenvalue weighted by molar-refractivity contribution is 5.73. The maximum absolute atomic E-state index is 10.8. The molecule has 2 atom stereocenters. The van der Waals surface area contributed by atoms with Gasteiger partial charge in [0, 0.05) is 32.7 Å². The Morgan fingerprint density at radius 3 is 2.90 bits per heavy atom. The van der Waals surface area contributed by atoms with E-state index in [1.54, 1.807) is 0 Å². The lowest BCUT2D eigenvalue weighted by Crippen LogP contribution is -2.39. The van der Waals surface area contributed by atoms with Gasteiger partial charge in [0.05, 0.1) is 6.10 Å². The number of hydrogen-bond acceptors (Lipinski definition) is 4. The summed E-state index contributed by atoms with van der Waals surface area (Å²) >= 11 is 0. The molecule has 0 bridgehead atoms. The number of carboxylic acids is 1. The van der Waals surface area contributed by atoms with Crippen molar-refractivity contribution < 1.29 is 14.6 Å². The largest absolute Gasteiger partial charge is 0.480 e. The Morgan fingerprint density at radius 1 is 1.45 bits per heavy atom. The molecule has 1 aromatic carbocycles. The number of hydrogen-bond donors (Lipinski definition) is 2. The first-order valence-corrected chi connectivity index (χ1v) is 7.01. The smallest absolute Gasteiger partial charge is 0.320 e. The number of nitrogens with zero attached hydrogens (tertiary/aromatic N) is 1. The normalized spacial score (nSPS) is 22.1. The number of aliphatic carboxylic acids is 1. The fraction of sp³-hybridized carbons (Fsp3) is 0.533. The van der Waals surface area contributed by atoms with Crippen LogP contribution in [0.25, 0.3) is 0 Å². The number of ether oxygens (including phenoxy) is 1. The van der Waals surface area contributed by atoms with Crippen molar-refractivity contribution in [1.29, 1.82) is 0 Å². The zero-order valence-electron chi connectivity index (χ0n) is 11.6. The van der Waals surface area contributed by atoms with Crippen molar-refractivity contribution >= 4 is 5.97 Å². The van der Waals surface area contributed by atoms with Gasteiger partial charge in [-0.3, -0.25) is 9.69 Å². The molecule has 0 saturated carbocycles. The Hall–Kier alpha value is -1.43. The van der Waals surface area contributed by atoms with E-state index in [1.165, 1.54) is 5.56 Å². The molecule has 0 aliphatic carbocycles. The van der Waals surface area contributed by atoms with Crippen LogP contribution in [-0.2, 0) is 16.1 Å². The highest BCUT2D eigenvalue weighted by Crippen LogP contribution is 2.13. The number of benzene rings is 1. The second-order valence-electron chi connectivity index (χ2n) is 5.25. The van der Waals surface area contributed by atoms with E-state index >= 15 is 0 Å². The Kier molecular flexibility index (Phi) is 5.52. The van der Waals surface area contributed by atoms with Crippen molar-refractivity contribution in [3.63, 3.8) is 0 Å². The molecule has 110 valence electrons. The van der Waals surface area contributed by atoms with Crippen molar-refractivity contribution in [3.8, 4) is 0 Å². The van der Waals surface area contributed by atoms with Crippen LogP contribution < -0.4 is 5.73 Å². The number of nitrogens with two attached hydrogens (primary N) is 1. The number of carbonyl (C=O) groups is 1. The Balaban J connectivity index is 1.91. The molecule has 1 aliphatic rings. The van der Waals surface area contributed by atoms with Crippen LogP contribution in [0.2, 0.25) is 0 Å². The van der Waals surface area contributed by atoms with Gasteiger partial charge in [0.25, 0.3) is 0 Å². The van der Waals surface area contributed by atoms with E-state index in [0.717, 1.165) is 26.1 Å². The van der Waals surface area contributed by atoms with E-state index in [2.05, 4.69) is 17.0 Å². The molecular formula is C15H22N2O3. The van der Waals surface area contributed by atoms with Crippen LogP contribution in [0.15, 0.2) is 30.3 Å². The van der Waals surface area contributed by atoms with Gasteiger partial charge in [-0.2, -0.15) is 0 Å². The second kappa shape index (κ2) is 7.38. The van der Waals surface area contributed by atoms with Crippen LogP contribution in [0.1, 0.15) is 18.4 Å². The quantitative estimate of drug-likeness (QED) is 0.843. The summed E-state index contributed by atoms with van der Waals surface area (Å²) in [6.07, 6.45) is 1.22. The zero-order valence-corrected chi connectivity index (χ0v) is 11.6. The summed E-state index contributed by atoms with van der Waals surface area (Å²) in [6.45, 7) is 3.23. The molecule has 0 aromatic heterocycles. The first-order chi connectivity index (χ1) is 9.65. The van der Waals surface area contributed by atoms with Crippen LogP contribution >= 0.6 is 0 Å². The first-order valence-electron chi connectivity index (χ1n) is 7.01. The van der Waals surface area contributed by atoms with Crippen molar-refractivity contribution in [2.45, 2.75) is 31.5 Å². The molecule has 1 heterocycles. The van der Waals surface area contributed by atoms with Gasteiger partial charge in [0.1, 0.15) is 6.04 Å². The molecule has 1 aliphatic heterocycles. The molecule has 5 heteroatoms. The van der Waals surface area contributed by atoms with Gasteiger partial charge < -0.3 is 15.6 Å². The van der Waals surface area contributed by atoms with Crippen molar-refractivity contribution in [2.75, 3.05) is 19.7 Å². The van der Waals surface area contributed by atoms with E-state index in [4.69, 9.17) is 15.6 Å². The average molecular weight is 278 g/mol. The molecule has 1 fully saturated rings. The van der Waals surface area contributed by atoms with E-state index < -0.39 is 12.0 Å². The maximum atomic E-state index is 10.8. The molecule has 1 saturated heterocycles. The van der Waals surface area contributed by atoms with E-state index in [0.29, 0.717) is 13.0 Å². The van der Waals surface area contributed by atoms with Crippen LogP contribution in [0.3, 0.4) is 0 Å². The highest BCUT2D eigenvalue weighted by atomic mass is 16.5. The first kappa shape index (κ1) is 15.0. The summed E-state index contributed by atoms with van der Waals surface area (Å²) in [6, 6.07) is 9.41. The molecule has 0 radical (unpaired) electrons. The lowest BCUT2D eigenvalue weighted by molar-refractivity contribution is -0.139. The summed E-state index contributed by atoms with van der Waals surface area (Å²) in [5.74, 6) is -0.965. The molecule has 20 heavy (non-hydrogen) atoms. The molecule has 3 N–H and O–H groups in total. The van der Waals surface area contributed by atoms with Crippen molar-refractivity contribution in [1.82, 2.24) is 4.90 Å². The van der Waals surface area contributed by atoms with Crippen LogP contribution in [0.4, 0.5) is 0 Å². The molecule has 1 aromatic rings. The van der Waals surface area contributed by atoms with E-state index in [1.807, 2.05) is 18.2 Å². The van der Waals surface area contributed by atoms with Gasteiger partial charge in [-0.25, -0.2) is 0 Å². The van der Waals surface area contributed by atoms with Crippen LogP contribution in [-0.4, -0.2) is 47.8 Å². The summed E-state index contributed by atoms with van der Waals surface area (Å²) in [5, 5.41) is 8.89. The Bertz CT molecular complexity index is 424. The summed E-state index contributed by atoms with van der Waals surface area (Å²) in [7, 11) is 0. The van der Waals surface area contributed by atoms with Gasteiger partial charge in [0.2, 0.25) is 0 Å². The molecule has 2 rings (SSSR count). The van der Waals surface area contributed by atoms with Gasteiger partial charge in [-0.05, 0) is 12.0 Å². The minimum atomic E-state index is -0.965. The topological polar surface area (TPSA) is 75.8 Å². The zero-order chi connectivity index (χ0) is 14.4. The van der Waals surface area contributed by atoms with Crippen molar-refractivity contribution in [2.24, 2.45) is 5.73 Å². The Labute approximate surface area is 119 Å². The lowest BCUT2D eigenvalue weighted by Gasteiger charge is -2.24. The predicted molar refractivity (Wildman–Crippen MR) is 76.3 cm³/mol. The SMILES string of the molecule is NC(CC1CN(Cc2ccccc2)CCCO1)C(=O)O. The standard InChI is InChI=1S/C15H22N2O3/c16-14(15(18)19)9-13-11-17(7-4-8-20-13)10-12-5-2-1-3-6-12/h1-3,5-6,13-14H,4,7-11,16H2,(H,18,19). The molecule has 0 amide bonds. The lowest BCUT2D eigenvalue weighted by atomic mass is 10.1. The number of carboxylic acid groups (broad SMARTS) is 1. The summed E-state index contributed by atoms with van der Waals surface area (Å²) in [4.78, 5) is 13.1. The minimum absolute atomic E-state index is 0.104. The second-order valence-corrected chi connectivity index (χ2v) is 5.25. The van der Waals surface area contributed by atoms with E-state index in [9.17, 15) is 4.79 Å². The third kappa shape index (κ3) is 4.59. The molecule has 5 nitrogen and oxygen atoms in total. The van der Waals surface area contributed by atoms with Crippen molar-refractivity contribution in [3.05, 3.63) is 35.9 Å². The molecule has 2 unspecified atom stereocenters. The fourth-order valence-corrected chi connectivity index (χ4v) is 2.48.